The van der Waals surface area contributed by atoms with Gasteiger partial charge in [-0.1, -0.05) is 0 Å². The van der Waals surface area contributed by atoms with Crippen molar-refractivity contribution in [1.82, 2.24) is 0 Å². The van der Waals surface area contributed by atoms with E-state index >= 15 is 0 Å². The Morgan fingerprint density at radius 3 is 2.13 bits per heavy atom. The molecule has 2 rings (SSSR count). The zero-order valence-corrected chi connectivity index (χ0v) is 9.91. The third-order valence-corrected chi connectivity index (χ3v) is 3.49. The van der Waals surface area contributed by atoms with Gasteiger partial charge in [-0.2, -0.15) is 0 Å². The molecule has 0 aromatic heterocycles. The maximum absolute atomic E-state index is 5.90. The van der Waals surface area contributed by atoms with Crippen LogP contribution >= 0.6 is 0 Å². The van der Waals surface area contributed by atoms with Crippen LogP contribution in [0.15, 0.2) is 0 Å². The molecule has 0 spiro atoms. The Hall–Kier alpha value is -0.0951. The van der Waals surface area contributed by atoms with Crippen molar-refractivity contribution in [3.63, 3.8) is 0 Å². The Morgan fingerprint density at radius 1 is 1.07 bits per heavy atom. The smallest absolute Gasteiger partial charge is 0.402 e. The zero-order valence-electron chi connectivity index (χ0n) is 9.91. The summed E-state index contributed by atoms with van der Waals surface area (Å²) in [5.74, 6) is 0. The fourth-order valence-electron chi connectivity index (χ4n) is 1.73. The van der Waals surface area contributed by atoms with Crippen LogP contribution in [0, 0.1) is 0 Å². The van der Waals surface area contributed by atoms with Gasteiger partial charge in [0.05, 0.1) is 23.8 Å². The monoisotopic (exact) mass is 214 g/mol. The highest BCUT2D eigenvalue weighted by Crippen LogP contribution is 2.38. The lowest BCUT2D eigenvalue weighted by molar-refractivity contribution is -0.122. The standard InChI is InChI=1S/C10H19BO4/c1-9(2)10(3,4)15-11(14-9)8-5-6-12-7-13-8/h8H,5-7H2,1-4H3. The molecule has 2 fully saturated rings. The molecule has 1 unspecified atom stereocenters. The van der Waals surface area contributed by atoms with E-state index in [9.17, 15) is 0 Å². The fourth-order valence-corrected chi connectivity index (χ4v) is 1.73. The second-order valence-corrected chi connectivity index (χ2v) is 5.14. The van der Waals surface area contributed by atoms with E-state index in [0.717, 1.165) is 13.0 Å². The number of hydrogen-bond acceptors (Lipinski definition) is 4. The summed E-state index contributed by atoms with van der Waals surface area (Å²) in [6.45, 7) is 9.25. The summed E-state index contributed by atoms with van der Waals surface area (Å²) in [5, 5.41) is 0. The minimum atomic E-state index is -0.278. The topological polar surface area (TPSA) is 36.9 Å². The summed E-state index contributed by atoms with van der Waals surface area (Å²) in [4.78, 5) is 0. The lowest BCUT2D eigenvalue weighted by atomic mass is 9.79. The first-order chi connectivity index (χ1) is 6.92. The predicted octanol–water partition coefficient (Wildman–Crippen LogP) is 1.38. The van der Waals surface area contributed by atoms with E-state index in [2.05, 4.69) is 0 Å². The maximum Gasteiger partial charge on any atom is 0.489 e. The first-order valence-electron chi connectivity index (χ1n) is 5.47. The molecule has 2 aliphatic heterocycles. The van der Waals surface area contributed by atoms with Gasteiger partial charge in [0, 0.05) is 0 Å². The molecule has 0 saturated carbocycles. The predicted molar refractivity (Wildman–Crippen MR) is 56.4 cm³/mol. The quantitative estimate of drug-likeness (QED) is 0.618. The summed E-state index contributed by atoms with van der Waals surface area (Å²) in [6.07, 6.45) is 0.830. The van der Waals surface area contributed by atoms with Crippen molar-refractivity contribution in [2.75, 3.05) is 13.4 Å². The van der Waals surface area contributed by atoms with Gasteiger partial charge in [-0.05, 0) is 34.1 Å². The van der Waals surface area contributed by atoms with Crippen molar-refractivity contribution in [2.24, 2.45) is 0 Å². The van der Waals surface area contributed by atoms with E-state index in [4.69, 9.17) is 18.8 Å². The van der Waals surface area contributed by atoms with Crippen LogP contribution < -0.4 is 0 Å². The third-order valence-electron chi connectivity index (χ3n) is 3.49. The molecule has 0 aromatic rings. The average molecular weight is 214 g/mol. The first-order valence-corrected chi connectivity index (χ1v) is 5.47. The van der Waals surface area contributed by atoms with Crippen LogP contribution in [-0.2, 0) is 18.8 Å². The average Bonchev–Trinajstić information content (AvgIpc) is 2.38. The molecular weight excluding hydrogens is 195 g/mol. The second-order valence-electron chi connectivity index (χ2n) is 5.14. The molecule has 0 bridgehead atoms. The van der Waals surface area contributed by atoms with Gasteiger partial charge in [0.15, 0.2) is 0 Å². The Balaban J connectivity index is 2.02. The third kappa shape index (κ3) is 2.06. The number of hydrogen-bond donors (Lipinski definition) is 0. The van der Waals surface area contributed by atoms with Crippen LogP contribution in [0.1, 0.15) is 34.1 Å². The highest BCUT2D eigenvalue weighted by atomic mass is 16.7. The second kappa shape index (κ2) is 3.73. The molecule has 0 amide bonds. The molecule has 2 heterocycles. The molecule has 86 valence electrons. The van der Waals surface area contributed by atoms with Gasteiger partial charge >= 0.3 is 7.12 Å². The summed E-state index contributed by atoms with van der Waals surface area (Å²) in [6, 6.07) is -0.000185. The SMILES string of the molecule is CC1(C)OB(C2CCOCO2)OC1(C)C. The van der Waals surface area contributed by atoms with Gasteiger partial charge in [-0.15, -0.1) is 0 Å². The molecule has 0 aliphatic carbocycles. The molecule has 15 heavy (non-hydrogen) atoms. The van der Waals surface area contributed by atoms with E-state index in [1.165, 1.54) is 0 Å². The van der Waals surface area contributed by atoms with Crippen LogP contribution in [0.5, 0.6) is 0 Å². The summed E-state index contributed by atoms with van der Waals surface area (Å²) < 4.78 is 22.4. The van der Waals surface area contributed by atoms with Crippen LogP contribution in [0.25, 0.3) is 0 Å². The molecule has 2 saturated heterocycles. The number of ether oxygens (including phenoxy) is 2. The molecular formula is C10H19BO4. The van der Waals surface area contributed by atoms with Gasteiger partial charge < -0.3 is 18.8 Å². The Bertz CT molecular complexity index is 220. The summed E-state index contributed by atoms with van der Waals surface area (Å²) in [5.41, 5.74) is -0.557. The molecule has 2 aliphatic rings. The van der Waals surface area contributed by atoms with E-state index in [1.54, 1.807) is 0 Å². The number of rotatable bonds is 1. The van der Waals surface area contributed by atoms with Gasteiger partial charge in [0.2, 0.25) is 0 Å². The van der Waals surface area contributed by atoms with E-state index in [1.807, 2.05) is 27.7 Å². The summed E-state index contributed by atoms with van der Waals surface area (Å²) in [7, 11) is -0.265. The highest BCUT2D eigenvalue weighted by molar-refractivity contribution is 6.47. The molecule has 1 atom stereocenters. The summed E-state index contributed by atoms with van der Waals surface area (Å²) >= 11 is 0. The molecule has 0 aromatic carbocycles. The van der Waals surface area contributed by atoms with Gasteiger partial charge in [-0.25, -0.2) is 0 Å². The Labute approximate surface area is 91.4 Å². The van der Waals surface area contributed by atoms with Crippen LogP contribution in [0.3, 0.4) is 0 Å². The molecule has 5 heteroatoms. The molecule has 0 radical (unpaired) electrons. The lowest BCUT2D eigenvalue weighted by Crippen LogP contribution is -2.41. The lowest BCUT2D eigenvalue weighted by Gasteiger charge is -2.32. The van der Waals surface area contributed by atoms with Crippen molar-refractivity contribution in [3.05, 3.63) is 0 Å². The van der Waals surface area contributed by atoms with Crippen molar-refractivity contribution in [3.8, 4) is 0 Å². The molecule has 0 N–H and O–H groups in total. The van der Waals surface area contributed by atoms with E-state index in [0.29, 0.717) is 6.79 Å². The zero-order chi connectivity index (χ0) is 11.1. The minimum Gasteiger partial charge on any atom is -0.402 e. The largest absolute Gasteiger partial charge is 0.489 e. The van der Waals surface area contributed by atoms with Crippen molar-refractivity contribution < 1.29 is 18.8 Å². The molecule has 4 nitrogen and oxygen atoms in total. The van der Waals surface area contributed by atoms with Crippen LogP contribution in [0.4, 0.5) is 0 Å². The van der Waals surface area contributed by atoms with Crippen LogP contribution in [0.2, 0.25) is 0 Å². The minimum absolute atomic E-state index is 0.000185. The Morgan fingerprint density at radius 2 is 1.67 bits per heavy atom. The van der Waals surface area contributed by atoms with Gasteiger partial charge in [0.25, 0.3) is 0 Å². The van der Waals surface area contributed by atoms with Crippen molar-refractivity contribution >= 4 is 7.12 Å². The van der Waals surface area contributed by atoms with Gasteiger partial charge in [0.1, 0.15) is 6.79 Å². The van der Waals surface area contributed by atoms with Crippen molar-refractivity contribution in [1.29, 1.82) is 0 Å². The fraction of sp³-hybridized carbons (Fsp3) is 1.00. The first kappa shape index (κ1) is 11.4. The van der Waals surface area contributed by atoms with Gasteiger partial charge in [-0.3, -0.25) is 0 Å². The normalized spacial score (nSPS) is 34.4. The Kier molecular flexibility index (Phi) is 2.84. The van der Waals surface area contributed by atoms with E-state index < -0.39 is 0 Å². The van der Waals surface area contributed by atoms with E-state index in [-0.39, 0.29) is 24.3 Å². The highest BCUT2D eigenvalue weighted by Gasteiger charge is 2.54. The van der Waals surface area contributed by atoms with Crippen LogP contribution in [-0.4, -0.2) is 37.7 Å². The maximum atomic E-state index is 5.90. The van der Waals surface area contributed by atoms with Crippen molar-refractivity contribution in [2.45, 2.75) is 51.3 Å².